The molecular weight excluding hydrogens is 284 g/mol. The summed E-state index contributed by atoms with van der Waals surface area (Å²) in [5.74, 6) is 0.200. The Balaban J connectivity index is 1.53. The fourth-order valence-corrected chi connectivity index (χ4v) is 4.22. The van der Waals surface area contributed by atoms with Gasteiger partial charge in [0.1, 0.15) is 0 Å². The molecule has 2 aliphatic heterocycles. The lowest BCUT2D eigenvalue weighted by Crippen LogP contribution is -2.47. The summed E-state index contributed by atoms with van der Waals surface area (Å²) in [6, 6.07) is 14.2. The van der Waals surface area contributed by atoms with Gasteiger partial charge in [-0.25, -0.2) is 0 Å². The molecule has 2 heterocycles. The van der Waals surface area contributed by atoms with Crippen molar-refractivity contribution in [3.05, 3.63) is 48.0 Å². The molecule has 0 bridgehead atoms. The zero-order valence-corrected chi connectivity index (χ0v) is 13.6. The largest absolute Gasteiger partial charge is 0.339 e. The Kier molecular flexibility index (Phi) is 3.82. The number of likely N-dealkylation sites (tertiary alicyclic amines) is 1. The lowest BCUT2D eigenvalue weighted by Gasteiger charge is -2.44. The highest BCUT2D eigenvalue weighted by Gasteiger charge is 2.36. The molecule has 2 saturated heterocycles. The Hall–Kier alpha value is -1.87. The second kappa shape index (κ2) is 5.97. The van der Waals surface area contributed by atoms with Crippen LogP contribution in [0.2, 0.25) is 0 Å². The Labute approximate surface area is 137 Å². The van der Waals surface area contributed by atoms with E-state index in [4.69, 9.17) is 0 Å². The topological polar surface area (TPSA) is 32.3 Å². The van der Waals surface area contributed by atoms with Crippen LogP contribution in [0.3, 0.4) is 0 Å². The smallest absolute Gasteiger partial charge is 0.254 e. The molecule has 2 aromatic rings. The monoisotopic (exact) mass is 308 g/mol. The third-order valence-corrected chi connectivity index (χ3v) is 5.80. The maximum Gasteiger partial charge on any atom is 0.254 e. The molecule has 1 amide bonds. The highest BCUT2D eigenvalue weighted by atomic mass is 16.2. The number of nitrogens with zero attached hydrogens (tertiary/aromatic N) is 1. The van der Waals surface area contributed by atoms with Gasteiger partial charge in [0.2, 0.25) is 0 Å². The van der Waals surface area contributed by atoms with E-state index in [0.29, 0.717) is 5.41 Å². The molecule has 0 aromatic heterocycles. The number of hydrogen-bond donors (Lipinski definition) is 1. The van der Waals surface area contributed by atoms with Gasteiger partial charge in [-0.15, -0.1) is 0 Å². The van der Waals surface area contributed by atoms with Crippen molar-refractivity contribution in [2.24, 2.45) is 5.41 Å². The first-order chi connectivity index (χ1) is 11.3. The van der Waals surface area contributed by atoms with Gasteiger partial charge in [0.25, 0.3) is 5.91 Å². The van der Waals surface area contributed by atoms with E-state index in [2.05, 4.69) is 28.4 Å². The number of carbonyl (C=O) groups is 1. The zero-order chi connectivity index (χ0) is 15.7. The fourth-order valence-electron chi connectivity index (χ4n) is 4.22. The molecule has 2 fully saturated rings. The molecule has 1 N–H and O–H groups in total. The molecule has 120 valence electrons. The molecule has 4 rings (SSSR count). The predicted octanol–water partition coefficient (Wildman–Crippen LogP) is 3.45. The van der Waals surface area contributed by atoms with Crippen molar-refractivity contribution in [3.8, 4) is 0 Å². The van der Waals surface area contributed by atoms with Crippen molar-refractivity contribution in [2.45, 2.75) is 25.7 Å². The summed E-state index contributed by atoms with van der Waals surface area (Å²) in [6.45, 7) is 4.08. The van der Waals surface area contributed by atoms with Crippen molar-refractivity contribution >= 4 is 16.7 Å². The van der Waals surface area contributed by atoms with Gasteiger partial charge >= 0.3 is 0 Å². The molecule has 2 aromatic carbocycles. The third-order valence-electron chi connectivity index (χ3n) is 5.80. The first-order valence-electron chi connectivity index (χ1n) is 8.75. The van der Waals surface area contributed by atoms with Gasteiger partial charge in [-0.05, 0) is 61.0 Å². The minimum atomic E-state index is 0.200. The Morgan fingerprint density at radius 3 is 2.39 bits per heavy atom. The van der Waals surface area contributed by atoms with E-state index in [1.54, 1.807) is 0 Å². The summed E-state index contributed by atoms with van der Waals surface area (Å²) in [5, 5.41) is 5.67. The van der Waals surface area contributed by atoms with Crippen LogP contribution in [0.25, 0.3) is 10.8 Å². The molecule has 0 aliphatic carbocycles. The molecule has 3 heteroatoms. The van der Waals surface area contributed by atoms with Crippen molar-refractivity contribution in [1.29, 1.82) is 0 Å². The van der Waals surface area contributed by atoms with Crippen LogP contribution in [0.5, 0.6) is 0 Å². The van der Waals surface area contributed by atoms with E-state index in [1.807, 2.05) is 24.3 Å². The lowest BCUT2D eigenvalue weighted by molar-refractivity contribution is 0.0497. The van der Waals surface area contributed by atoms with E-state index in [9.17, 15) is 4.79 Å². The molecule has 23 heavy (non-hydrogen) atoms. The number of nitrogens with one attached hydrogen (secondary N) is 1. The Morgan fingerprint density at radius 2 is 1.61 bits per heavy atom. The van der Waals surface area contributed by atoms with Crippen LogP contribution < -0.4 is 5.32 Å². The second-order valence-electron chi connectivity index (χ2n) is 7.07. The number of benzene rings is 2. The van der Waals surface area contributed by atoms with Crippen LogP contribution in [0.15, 0.2) is 42.5 Å². The minimum Gasteiger partial charge on any atom is -0.339 e. The molecule has 1 spiro atoms. The zero-order valence-electron chi connectivity index (χ0n) is 13.6. The highest BCUT2D eigenvalue weighted by Crippen LogP contribution is 2.39. The van der Waals surface area contributed by atoms with Crippen LogP contribution >= 0.6 is 0 Å². The maximum absolute atomic E-state index is 13.0. The quantitative estimate of drug-likeness (QED) is 0.875. The standard InChI is InChI=1S/C20H24N2O/c23-19(18-7-3-5-16-4-1-2-6-17(16)18)22-14-10-20(11-15-22)8-12-21-13-9-20/h1-7,21H,8-15H2. The third kappa shape index (κ3) is 2.74. The first kappa shape index (κ1) is 14.7. The van der Waals surface area contributed by atoms with Crippen LogP contribution in [-0.4, -0.2) is 37.0 Å². The van der Waals surface area contributed by atoms with Gasteiger partial charge in [0.05, 0.1) is 0 Å². The Morgan fingerprint density at radius 1 is 0.913 bits per heavy atom. The van der Waals surface area contributed by atoms with Gasteiger partial charge in [0, 0.05) is 18.7 Å². The van der Waals surface area contributed by atoms with Crippen LogP contribution in [0.1, 0.15) is 36.0 Å². The second-order valence-corrected chi connectivity index (χ2v) is 7.07. The molecule has 3 nitrogen and oxygen atoms in total. The molecule has 0 saturated carbocycles. The highest BCUT2D eigenvalue weighted by molar-refractivity contribution is 6.07. The SMILES string of the molecule is O=C(c1cccc2ccccc12)N1CCC2(CCNCC2)CC1. The van der Waals surface area contributed by atoms with Crippen molar-refractivity contribution in [1.82, 2.24) is 10.2 Å². The predicted molar refractivity (Wildman–Crippen MR) is 93.6 cm³/mol. The van der Waals surface area contributed by atoms with Gasteiger partial charge in [-0.3, -0.25) is 4.79 Å². The van der Waals surface area contributed by atoms with Crippen LogP contribution in [0.4, 0.5) is 0 Å². The molecule has 0 unspecified atom stereocenters. The number of rotatable bonds is 1. The van der Waals surface area contributed by atoms with Crippen LogP contribution in [0, 0.1) is 5.41 Å². The van der Waals surface area contributed by atoms with E-state index in [1.165, 1.54) is 12.8 Å². The van der Waals surface area contributed by atoms with E-state index in [-0.39, 0.29) is 5.91 Å². The van der Waals surface area contributed by atoms with Crippen molar-refractivity contribution in [2.75, 3.05) is 26.2 Å². The summed E-state index contributed by atoms with van der Waals surface area (Å²) in [4.78, 5) is 15.1. The molecular formula is C20H24N2O. The number of fused-ring (bicyclic) bond motifs is 1. The van der Waals surface area contributed by atoms with E-state index in [0.717, 1.165) is 55.4 Å². The summed E-state index contributed by atoms with van der Waals surface area (Å²) < 4.78 is 0. The number of hydrogen-bond acceptors (Lipinski definition) is 2. The molecule has 0 radical (unpaired) electrons. The molecule has 2 aliphatic rings. The summed E-state index contributed by atoms with van der Waals surface area (Å²) in [5.41, 5.74) is 1.34. The molecule has 0 atom stereocenters. The lowest BCUT2D eigenvalue weighted by atomic mass is 9.71. The normalized spacial score (nSPS) is 20.8. The van der Waals surface area contributed by atoms with Gasteiger partial charge < -0.3 is 10.2 Å². The van der Waals surface area contributed by atoms with Crippen molar-refractivity contribution < 1.29 is 4.79 Å². The fraction of sp³-hybridized carbons (Fsp3) is 0.450. The van der Waals surface area contributed by atoms with Gasteiger partial charge in [-0.2, -0.15) is 0 Å². The van der Waals surface area contributed by atoms with Crippen LogP contribution in [-0.2, 0) is 0 Å². The van der Waals surface area contributed by atoms with E-state index < -0.39 is 0 Å². The van der Waals surface area contributed by atoms with Gasteiger partial charge in [-0.1, -0.05) is 36.4 Å². The summed E-state index contributed by atoms with van der Waals surface area (Å²) in [6.07, 6.45) is 4.85. The van der Waals surface area contributed by atoms with Crippen molar-refractivity contribution in [3.63, 3.8) is 0 Å². The number of amides is 1. The average Bonchev–Trinajstić information content (AvgIpc) is 2.62. The first-order valence-corrected chi connectivity index (χ1v) is 8.75. The Bertz CT molecular complexity index is 703. The summed E-state index contributed by atoms with van der Waals surface area (Å²) >= 11 is 0. The number of piperidine rings is 2. The number of carbonyl (C=O) groups excluding carboxylic acids is 1. The average molecular weight is 308 g/mol. The minimum absolute atomic E-state index is 0.200. The maximum atomic E-state index is 13.0. The summed E-state index contributed by atoms with van der Waals surface area (Å²) in [7, 11) is 0. The van der Waals surface area contributed by atoms with E-state index >= 15 is 0 Å². The van der Waals surface area contributed by atoms with Gasteiger partial charge in [0.15, 0.2) is 0 Å².